The first-order valence-electron chi connectivity index (χ1n) is 18.4. The van der Waals surface area contributed by atoms with Crippen LogP contribution < -0.4 is 30.2 Å². The molecule has 0 bridgehead atoms. The molecule has 0 aromatic heterocycles. The predicted octanol–water partition coefficient (Wildman–Crippen LogP) is 9.10. The van der Waals surface area contributed by atoms with E-state index in [-0.39, 0.29) is 45.3 Å². The molecule has 7 aromatic rings. The average Bonchev–Trinajstić information content (AvgIpc) is 3.28. The van der Waals surface area contributed by atoms with Gasteiger partial charge in [0.2, 0.25) is 0 Å². The zero-order chi connectivity index (χ0) is 41.8. The summed E-state index contributed by atoms with van der Waals surface area (Å²) in [4.78, 5) is 77.9. The topological polar surface area (TPSA) is 166 Å². The van der Waals surface area contributed by atoms with Crippen molar-refractivity contribution >= 4 is 52.7 Å². The Balaban J connectivity index is 1.06. The molecule has 60 heavy (non-hydrogen) atoms. The summed E-state index contributed by atoms with van der Waals surface area (Å²) in [7, 11) is 0. The smallest absolute Gasteiger partial charge is 0.343 e. The van der Waals surface area contributed by atoms with Crippen LogP contribution in [0.1, 0.15) is 62.1 Å². The number of nitrogens with one attached hydrogen (secondary N) is 3. The van der Waals surface area contributed by atoms with E-state index < -0.39 is 35.6 Å². The summed E-state index contributed by atoms with van der Waals surface area (Å²) in [6, 6.07) is 47.8. The maximum Gasteiger partial charge on any atom is 0.343 e. The highest BCUT2D eigenvalue weighted by Gasteiger charge is 2.17. The molecule has 3 N–H and O–H groups in total. The monoisotopic (exact) mass is 795 g/mol. The maximum absolute atomic E-state index is 13.6. The van der Waals surface area contributed by atoms with E-state index in [4.69, 9.17) is 14.2 Å². The van der Waals surface area contributed by atoms with E-state index in [1.165, 1.54) is 78.9 Å². The summed E-state index contributed by atoms with van der Waals surface area (Å²) < 4.78 is 16.3. The lowest BCUT2D eigenvalue weighted by atomic mass is 10.1. The molecule has 0 atom stereocenters. The zero-order valence-electron chi connectivity index (χ0n) is 31.5. The molecular formula is C48H33N3O9. The van der Waals surface area contributed by atoms with Crippen molar-refractivity contribution in [1.82, 2.24) is 0 Å². The molecule has 0 aliphatic rings. The summed E-state index contributed by atoms with van der Waals surface area (Å²) in [6.45, 7) is 0. The van der Waals surface area contributed by atoms with Crippen molar-refractivity contribution < 1.29 is 43.0 Å². The first-order valence-corrected chi connectivity index (χ1v) is 18.4. The van der Waals surface area contributed by atoms with Gasteiger partial charge in [-0.15, -0.1) is 0 Å². The third-order valence-electron chi connectivity index (χ3n) is 8.72. The Morgan fingerprint density at radius 3 is 0.933 bits per heavy atom. The van der Waals surface area contributed by atoms with Gasteiger partial charge >= 0.3 is 17.9 Å². The minimum absolute atomic E-state index is 0.0778. The standard InChI is InChI=1S/C48H33N3O9/c52-43(31-16-22-40(23-17-31)58-46(55)33-10-4-1-5-11-33)50-38-28-36(45(54)49-37-20-26-42(27-21-37)60-48(57)35-14-8-3-9-15-35)29-39(30-38)51-44(53)32-18-24-41(25-19-32)59-47(56)34-12-6-2-7-13-34/h1-30H,(H,49,54)(H,50,52)(H,51,53). The number of benzene rings is 7. The number of hydrogen-bond donors (Lipinski definition) is 3. The fourth-order valence-corrected chi connectivity index (χ4v) is 5.69. The Hall–Kier alpha value is -8.64. The zero-order valence-corrected chi connectivity index (χ0v) is 31.5. The van der Waals surface area contributed by atoms with Gasteiger partial charge in [0.1, 0.15) is 17.2 Å². The second-order valence-corrected chi connectivity index (χ2v) is 13.0. The largest absolute Gasteiger partial charge is 0.423 e. The fraction of sp³-hybridized carbons (Fsp3) is 0. The number of ether oxygens (including phenoxy) is 3. The highest BCUT2D eigenvalue weighted by atomic mass is 16.5. The number of rotatable bonds is 12. The van der Waals surface area contributed by atoms with E-state index in [0.717, 1.165) is 0 Å². The van der Waals surface area contributed by atoms with E-state index in [2.05, 4.69) is 16.0 Å². The molecule has 12 nitrogen and oxygen atoms in total. The quantitative estimate of drug-likeness (QED) is 0.0808. The van der Waals surface area contributed by atoms with E-state index in [1.54, 1.807) is 103 Å². The molecule has 7 aromatic carbocycles. The molecule has 0 saturated heterocycles. The van der Waals surface area contributed by atoms with Crippen molar-refractivity contribution in [3.63, 3.8) is 0 Å². The Kier molecular flexibility index (Phi) is 12.2. The van der Waals surface area contributed by atoms with Gasteiger partial charge in [-0.3, -0.25) is 14.4 Å². The van der Waals surface area contributed by atoms with Crippen molar-refractivity contribution in [1.29, 1.82) is 0 Å². The third-order valence-corrected chi connectivity index (χ3v) is 8.72. The van der Waals surface area contributed by atoms with Gasteiger partial charge in [-0.25, -0.2) is 14.4 Å². The van der Waals surface area contributed by atoms with Crippen LogP contribution in [0.15, 0.2) is 182 Å². The van der Waals surface area contributed by atoms with Crippen molar-refractivity contribution in [3.05, 3.63) is 215 Å². The van der Waals surface area contributed by atoms with Gasteiger partial charge in [0, 0.05) is 33.8 Å². The van der Waals surface area contributed by atoms with E-state index in [9.17, 15) is 28.8 Å². The van der Waals surface area contributed by atoms with E-state index in [1.807, 2.05) is 0 Å². The molecule has 0 spiro atoms. The molecular weight excluding hydrogens is 763 g/mol. The average molecular weight is 796 g/mol. The Morgan fingerprint density at radius 1 is 0.283 bits per heavy atom. The normalized spacial score (nSPS) is 10.4. The Bertz CT molecular complexity index is 2540. The molecule has 0 aliphatic carbocycles. The van der Waals surface area contributed by atoms with Gasteiger partial charge < -0.3 is 30.2 Å². The van der Waals surface area contributed by atoms with E-state index in [0.29, 0.717) is 22.4 Å². The SMILES string of the molecule is O=C(Nc1cc(NC(=O)c2ccc(OC(=O)c3ccccc3)cc2)cc(C(=O)Nc2ccc(OC(=O)c3ccccc3)cc2)c1)c1ccc(OC(=O)c2ccccc2)cc1. The molecule has 0 fully saturated rings. The van der Waals surface area contributed by atoms with Crippen LogP contribution >= 0.6 is 0 Å². The molecule has 0 aliphatic heterocycles. The van der Waals surface area contributed by atoms with Crippen LogP contribution in [0, 0.1) is 0 Å². The summed E-state index contributed by atoms with van der Waals surface area (Å²) >= 11 is 0. The van der Waals surface area contributed by atoms with Crippen LogP contribution in [0.4, 0.5) is 17.1 Å². The molecule has 7 rings (SSSR count). The number of amides is 3. The van der Waals surface area contributed by atoms with Crippen LogP contribution in [0.3, 0.4) is 0 Å². The molecule has 0 radical (unpaired) electrons. The van der Waals surface area contributed by atoms with Crippen molar-refractivity contribution in [2.75, 3.05) is 16.0 Å². The Labute approximate surface area is 343 Å². The number of carbonyl (C=O) groups is 6. The summed E-state index contributed by atoms with van der Waals surface area (Å²) in [6.07, 6.45) is 0. The van der Waals surface area contributed by atoms with Crippen LogP contribution in [-0.2, 0) is 0 Å². The lowest BCUT2D eigenvalue weighted by Gasteiger charge is -2.13. The number of carbonyl (C=O) groups excluding carboxylic acids is 6. The van der Waals surface area contributed by atoms with Gasteiger partial charge in [-0.2, -0.15) is 0 Å². The highest BCUT2D eigenvalue weighted by Crippen LogP contribution is 2.25. The van der Waals surface area contributed by atoms with Crippen molar-refractivity contribution in [3.8, 4) is 17.2 Å². The van der Waals surface area contributed by atoms with Gasteiger partial charge in [0.15, 0.2) is 0 Å². The molecule has 0 saturated carbocycles. The van der Waals surface area contributed by atoms with E-state index >= 15 is 0 Å². The molecule has 0 unspecified atom stereocenters. The second-order valence-electron chi connectivity index (χ2n) is 13.0. The van der Waals surface area contributed by atoms with Crippen molar-refractivity contribution in [2.24, 2.45) is 0 Å². The Morgan fingerprint density at radius 2 is 0.583 bits per heavy atom. The molecule has 0 heterocycles. The van der Waals surface area contributed by atoms with Gasteiger partial charge in [0.05, 0.1) is 16.7 Å². The minimum atomic E-state index is -0.579. The molecule has 12 heteroatoms. The van der Waals surface area contributed by atoms with Gasteiger partial charge in [0.25, 0.3) is 17.7 Å². The third kappa shape index (κ3) is 10.4. The molecule has 3 amide bonds. The van der Waals surface area contributed by atoms with Crippen LogP contribution in [0.5, 0.6) is 17.2 Å². The second kappa shape index (κ2) is 18.5. The number of anilines is 3. The maximum atomic E-state index is 13.6. The number of esters is 3. The lowest BCUT2D eigenvalue weighted by Crippen LogP contribution is -2.17. The highest BCUT2D eigenvalue weighted by molar-refractivity contribution is 6.10. The van der Waals surface area contributed by atoms with Crippen LogP contribution in [0.2, 0.25) is 0 Å². The van der Waals surface area contributed by atoms with Gasteiger partial charge in [-0.1, -0.05) is 54.6 Å². The summed E-state index contributed by atoms with van der Waals surface area (Å²) in [5, 5.41) is 8.29. The van der Waals surface area contributed by atoms with Crippen LogP contribution in [-0.4, -0.2) is 35.6 Å². The fourth-order valence-electron chi connectivity index (χ4n) is 5.69. The van der Waals surface area contributed by atoms with Gasteiger partial charge in [-0.05, 0) is 127 Å². The first-order chi connectivity index (χ1) is 29.2. The minimum Gasteiger partial charge on any atom is -0.423 e. The number of hydrogen-bond acceptors (Lipinski definition) is 9. The molecule has 294 valence electrons. The van der Waals surface area contributed by atoms with Crippen molar-refractivity contribution in [2.45, 2.75) is 0 Å². The summed E-state index contributed by atoms with van der Waals surface area (Å²) in [5.74, 6) is -2.59. The van der Waals surface area contributed by atoms with Crippen LogP contribution in [0.25, 0.3) is 0 Å². The summed E-state index contributed by atoms with van der Waals surface area (Å²) in [5.41, 5.74) is 2.36. The first kappa shape index (κ1) is 39.6. The predicted molar refractivity (Wildman–Crippen MR) is 224 cm³/mol. The lowest BCUT2D eigenvalue weighted by molar-refractivity contribution is 0.0725.